The predicted octanol–water partition coefficient (Wildman–Crippen LogP) is 1.32. The summed E-state index contributed by atoms with van der Waals surface area (Å²) in [4.78, 5) is 2.31. The molecule has 5 heteroatoms. The molecule has 0 aromatic rings. The second-order valence-electron chi connectivity index (χ2n) is 4.87. The van der Waals surface area contributed by atoms with E-state index in [1.165, 1.54) is 0 Å². The molecule has 17 heavy (non-hydrogen) atoms. The topological polar surface area (TPSA) is 35.5 Å². The lowest BCUT2D eigenvalue weighted by molar-refractivity contribution is 0.0994. The molecule has 0 amide bonds. The fourth-order valence-corrected chi connectivity index (χ4v) is 2.60. The Balaban J connectivity index is 2.40. The molecule has 0 bridgehead atoms. The third-order valence-electron chi connectivity index (χ3n) is 3.25. The van der Waals surface area contributed by atoms with E-state index in [9.17, 15) is 8.78 Å². The first-order chi connectivity index (χ1) is 8.15. The lowest BCUT2D eigenvalue weighted by Gasteiger charge is -2.38. The average molecular weight is 250 g/mol. The summed E-state index contributed by atoms with van der Waals surface area (Å²) in [6, 6.07) is 0.140. The summed E-state index contributed by atoms with van der Waals surface area (Å²) in [5.41, 5.74) is 0. The number of piperidine rings is 1. The molecule has 3 nitrogen and oxygen atoms in total. The van der Waals surface area contributed by atoms with Gasteiger partial charge >= 0.3 is 0 Å². The van der Waals surface area contributed by atoms with Crippen LogP contribution in [0.25, 0.3) is 0 Å². The molecule has 1 saturated heterocycles. The summed E-state index contributed by atoms with van der Waals surface area (Å²) in [5.74, 6) is 0.426. The van der Waals surface area contributed by atoms with E-state index in [1.807, 2.05) is 0 Å². The molecular weight excluding hydrogens is 226 g/mol. The van der Waals surface area contributed by atoms with Crippen LogP contribution in [0.3, 0.4) is 0 Å². The molecule has 0 spiro atoms. The lowest BCUT2D eigenvalue weighted by Crippen LogP contribution is -2.50. The summed E-state index contributed by atoms with van der Waals surface area (Å²) in [6.07, 6.45) is 0.460. The summed E-state index contributed by atoms with van der Waals surface area (Å²) >= 11 is 0. The summed E-state index contributed by atoms with van der Waals surface area (Å²) in [5, 5.41) is 11.9. The van der Waals surface area contributed by atoms with Gasteiger partial charge in [-0.1, -0.05) is 6.92 Å². The third kappa shape index (κ3) is 5.75. The largest absolute Gasteiger partial charge is 0.396 e. The molecule has 102 valence electrons. The predicted molar refractivity (Wildman–Crippen MR) is 64.3 cm³/mol. The lowest BCUT2D eigenvalue weighted by atomic mass is 9.91. The van der Waals surface area contributed by atoms with Gasteiger partial charge in [-0.25, -0.2) is 8.78 Å². The van der Waals surface area contributed by atoms with Crippen molar-refractivity contribution in [3.05, 3.63) is 0 Å². The van der Waals surface area contributed by atoms with Crippen LogP contribution in [0.5, 0.6) is 0 Å². The molecule has 1 fully saturated rings. The van der Waals surface area contributed by atoms with Crippen LogP contribution in [0.1, 0.15) is 26.2 Å². The van der Waals surface area contributed by atoms with Gasteiger partial charge in [0.05, 0.1) is 6.54 Å². The first-order valence-corrected chi connectivity index (χ1v) is 6.50. The fraction of sp³-hybridized carbons (Fsp3) is 1.00. The van der Waals surface area contributed by atoms with Gasteiger partial charge in [-0.2, -0.15) is 0 Å². The number of nitrogens with one attached hydrogen (secondary N) is 1. The highest BCUT2D eigenvalue weighted by Crippen LogP contribution is 2.20. The molecule has 1 heterocycles. The van der Waals surface area contributed by atoms with E-state index >= 15 is 0 Å². The minimum atomic E-state index is -2.28. The average Bonchev–Trinajstić information content (AvgIpc) is 2.27. The summed E-state index contributed by atoms with van der Waals surface area (Å²) < 4.78 is 24.3. The molecule has 0 radical (unpaired) electrons. The van der Waals surface area contributed by atoms with Crippen molar-refractivity contribution in [3.8, 4) is 0 Å². The second-order valence-corrected chi connectivity index (χ2v) is 4.87. The number of alkyl halides is 2. The molecule has 2 unspecified atom stereocenters. The Labute approximate surface area is 102 Å². The van der Waals surface area contributed by atoms with E-state index < -0.39 is 6.43 Å². The van der Waals surface area contributed by atoms with Crippen LogP contribution in [0.2, 0.25) is 0 Å². The summed E-state index contributed by atoms with van der Waals surface area (Å²) in [6.45, 7) is 4.93. The van der Waals surface area contributed by atoms with E-state index in [0.717, 1.165) is 38.9 Å². The SMILES string of the molecule is CCCN1CC(CCO)CC(NCC(F)F)C1. The Morgan fingerprint density at radius 3 is 2.76 bits per heavy atom. The van der Waals surface area contributed by atoms with Gasteiger partial charge in [-0.05, 0) is 31.7 Å². The number of aliphatic hydroxyl groups excluding tert-OH is 1. The van der Waals surface area contributed by atoms with Crippen LogP contribution in [-0.2, 0) is 0 Å². The van der Waals surface area contributed by atoms with Crippen molar-refractivity contribution in [2.75, 3.05) is 32.8 Å². The van der Waals surface area contributed by atoms with Crippen LogP contribution < -0.4 is 5.32 Å². The van der Waals surface area contributed by atoms with Crippen molar-refractivity contribution < 1.29 is 13.9 Å². The van der Waals surface area contributed by atoms with Crippen LogP contribution in [-0.4, -0.2) is 55.3 Å². The number of rotatable bonds is 7. The van der Waals surface area contributed by atoms with Crippen molar-refractivity contribution in [2.45, 2.75) is 38.7 Å². The van der Waals surface area contributed by atoms with Crippen LogP contribution in [0.15, 0.2) is 0 Å². The van der Waals surface area contributed by atoms with Gasteiger partial charge in [-0.15, -0.1) is 0 Å². The van der Waals surface area contributed by atoms with E-state index in [2.05, 4.69) is 17.1 Å². The van der Waals surface area contributed by atoms with Crippen LogP contribution in [0, 0.1) is 5.92 Å². The number of aliphatic hydroxyl groups is 1. The van der Waals surface area contributed by atoms with Crippen molar-refractivity contribution in [3.63, 3.8) is 0 Å². The maximum Gasteiger partial charge on any atom is 0.250 e. The second kappa shape index (κ2) is 7.95. The maximum atomic E-state index is 12.2. The zero-order valence-corrected chi connectivity index (χ0v) is 10.5. The van der Waals surface area contributed by atoms with Crippen LogP contribution in [0.4, 0.5) is 8.78 Å². The molecule has 0 aromatic heterocycles. The van der Waals surface area contributed by atoms with Crippen molar-refractivity contribution in [1.29, 1.82) is 0 Å². The van der Waals surface area contributed by atoms with Crippen molar-refractivity contribution in [1.82, 2.24) is 10.2 Å². The smallest absolute Gasteiger partial charge is 0.250 e. The van der Waals surface area contributed by atoms with E-state index in [-0.39, 0.29) is 19.2 Å². The molecular formula is C12H24F2N2O. The van der Waals surface area contributed by atoms with Crippen molar-refractivity contribution >= 4 is 0 Å². The van der Waals surface area contributed by atoms with E-state index in [1.54, 1.807) is 0 Å². The highest BCUT2D eigenvalue weighted by molar-refractivity contribution is 4.83. The van der Waals surface area contributed by atoms with Crippen molar-refractivity contribution in [2.24, 2.45) is 5.92 Å². The Hall–Kier alpha value is -0.260. The molecule has 0 aromatic carbocycles. The number of nitrogens with zero attached hydrogens (tertiary/aromatic N) is 1. The third-order valence-corrected chi connectivity index (χ3v) is 3.25. The molecule has 2 atom stereocenters. The number of likely N-dealkylation sites (tertiary alicyclic amines) is 1. The van der Waals surface area contributed by atoms with Gasteiger partial charge < -0.3 is 15.3 Å². The minimum absolute atomic E-state index is 0.140. The van der Waals surface area contributed by atoms with Gasteiger partial charge in [0.15, 0.2) is 0 Å². The Bertz CT molecular complexity index is 191. The minimum Gasteiger partial charge on any atom is -0.396 e. The first-order valence-electron chi connectivity index (χ1n) is 6.50. The zero-order valence-electron chi connectivity index (χ0n) is 10.5. The molecule has 0 saturated carbocycles. The van der Waals surface area contributed by atoms with Gasteiger partial charge in [-0.3, -0.25) is 0 Å². The van der Waals surface area contributed by atoms with Gasteiger partial charge in [0, 0.05) is 25.7 Å². The van der Waals surface area contributed by atoms with Gasteiger partial charge in [0.2, 0.25) is 0 Å². The monoisotopic (exact) mass is 250 g/mol. The number of hydrogen-bond acceptors (Lipinski definition) is 3. The van der Waals surface area contributed by atoms with E-state index in [4.69, 9.17) is 5.11 Å². The highest BCUT2D eigenvalue weighted by atomic mass is 19.3. The van der Waals surface area contributed by atoms with Gasteiger partial charge in [0.1, 0.15) is 0 Å². The number of hydrogen-bond donors (Lipinski definition) is 2. The molecule has 1 rings (SSSR count). The molecule has 1 aliphatic rings. The van der Waals surface area contributed by atoms with Crippen LogP contribution >= 0.6 is 0 Å². The Morgan fingerprint density at radius 1 is 1.41 bits per heavy atom. The highest BCUT2D eigenvalue weighted by Gasteiger charge is 2.26. The standard InChI is InChI=1S/C12H24F2N2O/c1-2-4-16-8-10(3-5-17)6-11(9-16)15-7-12(13)14/h10-12,15,17H,2-9H2,1H3. The molecule has 1 aliphatic heterocycles. The van der Waals surface area contributed by atoms with E-state index in [0.29, 0.717) is 5.92 Å². The quantitative estimate of drug-likeness (QED) is 0.715. The first kappa shape index (κ1) is 14.8. The Kier molecular flexibility index (Phi) is 6.92. The Morgan fingerprint density at radius 2 is 2.18 bits per heavy atom. The maximum absolute atomic E-state index is 12.2. The van der Waals surface area contributed by atoms with Gasteiger partial charge in [0.25, 0.3) is 6.43 Å². The normalized spacial score (nSPS) is 26.6. The number of halogens is 2. The molecule has 0 aliphatic carbocycles. The summed E-state index contributed by atoms with van der Waals surface area (Å²) in [7, 11) is 0. The fourth-order valence-electron chi connectivity index (χ4n) is 2.60. The zero-order chi connectivity index (χ0) is 12.7. The molecule has 2 N–H and O–H groups in total.